The van der Waals surface area contributed by atoms with Crippen LogP contribution in [0, 0.1) is 11.7 Å². The summed E-state index contributed by atoms with van der Waals surface area (Å²) in [6.07, 6.45) is 3.00. The molecule has 0 spiro atoms. The second-order valence-electron chi connectivity index (χ2n) is 5.41. The number of halogens is 1. The van der Waals surface area contributed by atoms with Crippen molar-refractivity contribution in [3.05, 3.63) is 29.8 Å². The summed E-state index contributed by atoms with van der Waals surface area (Å²) >= 11 is 0. The molecule has 0 saturated carbocycles. The molecule has 3 unspecified atom stereocenters. The van der Waals surface area contributed by atoms with E-state index in [0.717, 1.165) is 18.5 Å². The molecule has 0 bridgehead atoms. The number of hydrogen-bond donors (Lipinski definition) is 2. The van der Waals surface area contributed by atoms with Gasteiger partial charge in [0, 0.05) is 12.6 Å². The van der Waals surface area contributed by atoms with Crippen LogP contribution in [0.5, 0.6) is 0 Å². The standard InChI is InChI=1S/C15H25FN2O/c1-5-11(3)15(4,19)10-18-13(6-2)14-8-7-12(16)9-17-14/h7-9,11,13,18-19H,5-6,10H2,1-4H3. The molecule has 0 aliphatic carbocycles. The van der Waals surface area contributed by atoms with Crippen LogP contribution in [0.2, 0.25) is 0 Å². The van der Waals surface area contributed by atoms with E-state index >= 15 is 0 Å². The summed E-state index contributed by atoms with van der Waals surface area (Å²) in [4.78, 5) is 4.10. The quantitative estimate of drug-likeness (QED) is 0.799. The third-order valence-corrected chi connectivity index (χ3v) is 3.90. The highest BCUT2D eigenvalue weighted by atomic mass is 19.1. The number of nitrogens with one attached hydrogen (secondary N) is 1. The van der Waals surface area contributed by atoms with Gasteiger partial charge in [0.15, 0.2) is 0 Å². The highest BCUT2D eigenvalue weighted by molar-refractivity contribution is 5.10. The van der Waals surface area contributed by atoms with E-state index in [0.29, 0.717) is 6.54 Å². The maximum Gasteiger partial charge on any atom is 0.141 e. The molecule has 1 aromatic heterocycles. The Morgan fingerprint density at radius 3 is 2.53 bits per heavy atom. The molecule has 4 heteroatoms. The molecule has 108 valence electrons. The minimum absolute atomic E-state index is 0.0381. The summed E-state index contributed by atoms with van der Waals surface area (Å²) in [5, 5.41) is 13.7. The number of rotatable bonds is 7. The molecule has 2 N–H and O–H groups in total. The van der Waals surface area contributed by atoms with E-state index in [1.165, 1.54) is 12.3 Å². The van der Waals surface area contributed by atoms with Gasteiger partial charge in [0.2, 0.25) is 0 Å². The number of hydrogen-bond acceptors (Lipinski definition) is 3. The minimum Gasteiger partial charge on any atom is -0.389 e. The maximum atomic E-state index is 12.9. The van der Waals surface area contributed by atoms with E-state index in [1.807, 2.05) is 20.8 Å². The van der Waals surface area contributed by atoms with E-state index in [9.17, 15) is 9.50 Å². The van der Waals surface area contributed by atoms with Gasteiger partial charge in [-0.05, 0) is 31.4 Å². The number of nitrogens with zero attached hydrogens (tertiary/aromatic N) is 1. The predicted molar refractivity (Wildman–Crippen MR) is 75.3 cm³/mol. The minimum atomic E-state index is -0.748. The topological polar surface area (TPSA) is 45.1 Å². The van der Waals surface area contributed by atoms with Crippen molar-refractivity contribution in [1.82, 2.24) is 10.3 Å². The smallest absolute Gasteiger partial charge is 0.141 e. The Morgan fingerprint density at radius 1 is 1.37 bits per heavy atom. The molecular formula is C15H25FN2O. The van der Waals surface area contributed by atoms with E-state index in [2.05, 4.69) is 17.2 Å². The van der Waals surface area contributed by atoms with Gasteiger partial charge >= 0.3 is 0 Å². The Labute approximate surface area is 115 Å². The Morgan fingerprint density at radius 2 is 2.05 bits per heavy atom. The van der Waals surface area contributed by atoms with Gasteiger partial charge in [-0.3, -0.25) is 4.98 Å². The maximum absolute atomic E-state index is 12.9. The third kappa shape index (κ3) is 4.55. The van der Waals surface area contributed by atoms with Crippen LogP contribution in [0.1, 0.15) is 52.3 Å². The molecule has 0 amide bonds. The van der Waals surface area contributed by atoms with Gasteiger partial charge in [0.05, 0.1) is 17.5 Å². The summed E-state index contributed by atoms with van der Waals surface area (Å²) in [5.74, 6) is -0.108. The van der Waals surface area contributed by atoms with Gasteiger partial charge in [-0.25, -0.2) is 4.39 Å². The summed E-state index contributed by atoms with van der Waals surface area (Å²) in [7, 11) is 0. The molecule has 0 saturated heterocycles. The number of aromatic nitrogens is 1. The summed E-state index contributed by atoms with van der Waals surface area (Å²) < 4.78 is 12.9. The first-order valence-corrected chi connectivity index (χ1v) is 6.97. The van der Waals surface area contributed by atoms with Gasteiger partial charge < -0.3 is 10.4 Å². The zero-order chi connectivity index (χ0) is 14.5. The van der Waals surface area contributed by atoms with Gasteiger partial charge in [-0.2, -0.15) is 0 Å². The fourth-order valence-electron chi connectivity index (χ4n) is 2.00. The van der Waals surface area contributed by atoms with Gasteiger partial charge in [0.25, 0.3) is 0 Å². The molecule has 0 fully saturated rings. The van der Waals surface area contributed by atoms with E-state index in [1.54, 1.807) is 6.07 Å². The molecule has 3 nitrogen and oxygen atoms in total. The lowest BCUT2D eigenvalue weighted by Crippen LogP contribution is -2.44. The van der Waals surface area contributed by atoms with Crippen molar-refractivity contribution >= 4 is 0 Å². The number of pyridine rings is 1. The van der Waals surface area contributed by atoms with Crippen molar-refractivity contribution in [1.29, 1.82) is 0 Å². The van der Waals surface area contributed by atoms with Crippen molar-refractivity contribution in [2.24, 2.45) is 5.92 Å². The van der Waals surface area contributed by atoms with Crippen molar-refractivity contribution in [3.63, 3.8) is 0 Å². The van der Waals surface area contributed by atoms with E-state index < -0.39 is 5.60 Å². The predicted octanol–water partition coefficient (Wildman–Crippen LogP) is 3.06. The van der Waals surface area contributed by atoms with Crippen molar-refractivity contribution in [3.8, 4) is 0 Å². The molecule has 0 aliphatic heterocycles. The number of aliphatic hydroxyl groups is 1. The van der Waals surface area contributed by atoms with Crippen LogP contribution >= 0.6 is 0 Å². The molecule has 3 atom stereocenters. The average Bonchev–Trinajstić information content (AvgIpc) is 2.40. The highest BCUT2D eigenvalue weighted by Gasteiger charge is 2.27. The second-order valence-corrected chi connectivity index (χ2v) is 5.41. The van der Waals surface area contributed by atoms with Crippen LogP contribution in [0.15, 0.2) is 18.3 Å². The Kier molecular flexibility index (Phi) is 5.88. The molecule has 1 aromatic rings. The lowest BCUT2D eigenvalue weighted by atomic mass is 9.88. The average molecular weight is 268 g/mol. The first-order valence-electron chi connectivity index (χ1n) is 6.97. The van der Waals surface area contributed by atoms with Crippen molar-refractivity contribution in [2.45, 2.75) is 52.2 Å². The fraction of sp³-hybridized carbons (Fsp3) is 0.667. The van der Waals surface area contributed by atoms with Crippen LogP contribution in [-0.2, 0) is 0 Å². The molecular weight excluding hydrogens is 243 g/mol. The molecule has 0 aliphatic rings. The first kappa shape index (κ1) is 16.1. The Hall–Kier alpha value is -1.00. The van der Waals surface area contributed by atoms with Crippen molar-refractivity contribution in [2.75, 3.05) is 6.54 Å². The SMILES string of the molecule is CCC(NCC(C)(O)C(C)CC)c1ccc(F)cn1. The molecule has 1 rings (SSSR count). The summed E-state index contributed by atoms with van der Waals surface area (Å²) in [6.45, 7) is 8.50. The second kappa shape index (κ2) is 6.96. The van der Waals surface area contributed by atoms with Crippen molar-refractivity contribution < 1.29 is 9.50 Å². The van der Waals surface area contributed by atoms with Crippen LogP contribution in [0.25, 0.3) is 0 Å². The normalized spacial score (nSPS) is 17.8. The monoisotopic (exact) mass is 268 g/mol. The molecule has 0 radical (unpaired) electrons. The lowest BCUT2D eigenvalue weighted by molar-refractivity contribution is 0.00302. The zero-order valence-corrected chi connectivity index (χ0v) is 12.3. The summed E-state index contributed by atoms with van der Waals surface area (Å²) in [6, 6.07) is 3.14. The van der Waals surface area contributed by atoms with Gasteiger partial charge in [0.1, 0.15) is 5.82 Å². The van der Waals surface area contributed by atoms with Crippen LogP contribution < -0.4 is 5.32 Å². The van der Waals surface area contributed by atoms with Crippen LogP contribution in [0.3, 0.4) is 0 Å². The molecule has 19 heavy (non-hydrogen) atoms. The highest BCUT2D eigenvalue weighted by Crippen LogP contribution is 2.21. The first-order chi connectivity index (χ1) is 8.90. The molecule has 1 heterocycles. The van der Waals surface area contributed by atoms with Gasteiger partial charge in [-0.1, -0.05) is 27.2 Å². The third-order valence-electron chi connectivity index (χ3n) is 3.90. The molecule has 0 aromatic carbocycles. The van der Waals surface area contributed by atoms with Gasteiger partial charge in [-0.15, -0.1) is 0 Å². The van der Waals surface area contributed by atoms with E-state index in [-0.39, 0.29) is 17.8 Å². The van der Waals surface area contributed by atoms with Crippen LogP contribution in [0.4, 0.5) is 4.39 Å². The lowest BCUT2D eigenvalue weighted by Gasteiger charge is -2.31. The summed E-state index contributed by atoms with van der Waals surface area (Å²) in [5.41, 5.74) is 0.0613. The van der Waals surface area contributed by atoms with E-state index in [4.69, 9.17) is 0 Å². The largest absolute Gasteiger partial charge is 0.389 e. The van der Waals surface area contributed by atoms with Crippen LogP contribution in [-0.4, -0.2) is 22.2 Å². The fourth-order valence-corrected chi connectivity index (χ4v) is 2.00. The zero-order valence-electron chi connectivity index (χ0n) is 12.3. The Bertz CT molecular complexity index is 378. The Balaban J connectivity index is 2.65.